The molecule has 0 N–H and O–H groups in total. The number of alkyl halides is 3. The molecule has 0 aromatic carbocycles. The van der Waals surface area contributed by atoms with E-state index in [9.17, 15) is 13.2 Å². The van der Waals surface area contributed by atoms with Crippen LogP contribution in [0.15, 0.2) is 18.5 Å². The second-order valence-corrected chi connectivity index (χ2v) is 3.65. The van der Waals surface area contributed by atoms with Gasteiger partial charge in [0.15, 0.2) is 11.4 Å². The third-order valence-corrected chi connectivity index (χ3v) is 2.04. The topological polar surface area (TPSA) is 52.8 Å². The largest absolute Gasteiger partial charge is 0.436 e. The summed E-state index contributed by atoms with van der Waals surface area (Å²) in [6.07, 6.45) is -1.80. The van der Waals surface area contributed by atoms with Crippen molar-refractivity contribution in [3.05, 3.63) is 29.4 Å². The first kappa shape index (κ1) is 12.6. The van der Waals surface area contributed by atoms with Crippen LogP contribution >= 0.6 is 11.6 Å². The van der Waals surface area contributed by atoms with Gasteiger partial charge in [0.2, 0.25) is 11.2 Å². The van der Waals surface area contributed by atoms with Crippen LogP contribution in [0.4, 0.5) is 13.2 Å². The van der Waals surface area contributed by atoms with E-state index < -0.39 is 17.2 Å². The second kappa shape index (κ2) is 4.45. The minimum absolute atomic E-state index is 0.250. The third-order valence-electron chi connectivity index (χ3n) is 1.87. The monoisotopic (exact) mass is 278 g/mol. The maximum absolute atomic E-state index is 12.5. The van der Waals surface area contributed by atoms with Gasteiger partial charge in [0.25, 0.3) is 0 Å². The molecule has 0 bridgehead atoms. The molecule has 0 aliphatic carbocycles. The Balaban J connectivity index is 2.31. The average molecular weight is 279 g/mol. The standard InChI is InChI=1S/C9H6ClF3N4O/c1-17-4-5(3-14-17)18-7-2-6(9(11,12)13)15-8(10)16-7/h2-4H,1H3. The first-order valence-corrected chi connectivity index (χ1v) is 5.00. The Bertz CT molecular complexity index is 569. The van der Waals surface area contributed by atoms with Gasteiger partial charge in [-0.1, -0.05) is 0 Å². The minimum Gasteiger partial charge on any atom is -0.436 e. The molecule has 0 radical (unpaired) electrons. The molecule has 2 aromatic rings. The highest BCUT2D eigenvalue weighted by atomic mass is 35.5. The zero-order valence-corrected chi connectivity index (χ0v) is 9.70. The fraction of sp³-hybridized carbons (Fsp3) is 0.222. The maximum Gasteiger partial charge on any atom is 0.433 e. The highest BCUT2D eigenvalue weighted by Crippen LogP contribution is 2.31. The summed E-state index contributed by atoms with van der Waals surface area (Å²) >= 11 is 5.40. The molecule has 0 saturated heterocycles. The van der Waals surface area contributed by atoms with Crippen molar-refractivity contribution in [3.8, 4) is 11.6 Å². The molecule has 96 valence electrons. The van der Waals surface area contributed by atoms with E-state index in [1.165, 1.54) is 17.1 Å². The molecule has 2 aromatic heterocycles. The van der Waals surface area contributed by atoms with Crippen molar-refractivity contribution >= 4 is 11.6 Å². The molecule has 5 nitrogen and oxygen atoms in total. The van der Waals surface area contributed by atoms with Crippen molar-refractivity contribution in [3.63, 3.8) is 0 Å². The number of halogens is 4. The van der Waals surface area contributed by atoms with Crippen LogP contribution in [0.5, 0.6) is 11.6 Å². The molecule has 2 heterocycles. The summed E-state index contributed by atoms with van der Waals surface area (Å²) in [7, 11) is 1.64. The third kappa shape index (κ3) is 2.89. The quantitative estimate of drug-likeness (QED) is 0.793. The van der Waals surface area contributed by atoms with E-state index in [1.54, 1.807) is 7.05 Å². The first-order valence-electron chi connectivity index (χ1n) is 4.63. The van der Waals surface area contributed by atoms with E-state index in [0.717, 1.165) is 0 Å². The van der Waals surface area contributed by atoms with Gasteiger partial charge in [0, 0.05) is 13.1 Å². The van der Waals surface area contributed by atoms with Crippen LogP contribution < -0.4 is 4.74 Å². The van der Waals surface area contributed by atoms with E-state index in [0.29, 0.717) is 6.07 Å². The summed E-state index contributed by atoms with van der Waals surface area (Å²) in [5.41, 5.74) is -1.17. The van der Waals surface area contributed by atoms with Crippen LogP contribution in [0.2, 0.25) is 5.28 Å². The molecule has 9 heteroatoms. The van der Waals surface area contributed by atoms with Crippen LogP contribution in [0.1, 0.15) is 5.69 Å². The van der Waals surface area contributed by atoms with E-state index in [2.05, 4.69) is 15.1 Å². The number of rotatable bonds is 2. The molecule has 0 unspecified atom stereocenters. The van der Waals surface area contributed by atoms with E-state index in [4.69, 9.17) is 16.3 Å². The minimum atomic E-state index is -4.61. The predicted molar refractivity (Wildman–Crippen MR) is 55.3 cm³/mol. The number of aryl methyl sites for hydroxylation is 1. The lowest BCUT2D eigenvalue weighted by Gasteiger charge is -2.07. The normalized spacial score (nSPS) is 11.6. The molecule has 0 atom stereocenters. The molecule has 0 saturated carbocycles. The van der Waals surface area contributed by atoms with Gasteiger partial charge >= 0.3 is 6.18 Å². The molecule has 18 heavy (non-hydrogen) atoms. The number of ether oxygens (including phenoxy) is 1. The lowest BCUT2D eigenvalue weighted by Crippen LogP contribution is -2.09. The lowest BCUT2D eigenvalue weighted by molar-refractivity contribution is -0.141. The van der Waals surface area contributed by atoms with Gasteiger partial charge in [-0.2, -0.15) is 23.3 Å². The Kier molecular flexibility index (Phi) is 3.12. The summed E-state index contributed by atoms with van der Waals surface area (Å²) in [6, 6.07) is 0.666. The predicted octanol–water partition coefficient (Wildman–Crippen LogP) is 2.67. The van der Waals surface area contributed by atoms with Crippen molar-refractivity contribution in [1.29, 1.82) is 0 Å². The molecule has 2 rings (SSSR count). The van der Waals surface area contributed by atoms with Gasteiger partial charge in [-0.25, -0.2) is 4.98 Å². The first-order chi connectivity index (χ1) is 8.34. The Morgan fingerprint density at radius 2 is 2.06 bits per heavy atom. The number of hydrogen-bond acceptors (Lipinski definition) is 4. The lowest BCUT2D eigenvalue weighted by atomic mass is 10.4. The van der Waals surface area contributed by atoms with Crippen LogP contribution in [0.25, 0.3) is 0 Å². The van der Waals surface area contributed by atoms with Gasteiger partial charge in [0.05, 0.1) is 12.4 Å². The number of nitrogens with zero attached hydrogens (tertiary/aromatic N) is 4. The Labute approximate surface area is 104 Å². The molecule has 0 spiro atoms. The molecule has 0 aliphatic heterocycles. The van der Waals surface area contributed by atoms with Gasteiger partial charge in [-0.15, -0.1) is 0 Å². The Hall–Kier alpha value is -1.83. The smallest absolute Gasteiger partial charge is 0.433 e. The van der Waals surface area contributed by atoms with Crippen molar-refractivity contribution in [2.75, 3.05) is 0 Å². The molecular weight excluding hydrogens is 273 g/mol. The number of hydrogen-bond donors (Lipinski definition) is 0. The molecule has 0 amide bonds. The van der Waals surface area contributed by atoms with Gasteiger partial charge in [-0.3, -0.25) is 4.68 Å². The van der Waals surface area contributed by atoms with Gasteiger partial charge in [-0.05, 0) is 11.6 Å². The Morgan fingerprint density at radius 3 is 2.61 bits per heavy atom. The van der Waals surface area contributed by atoms with Crippen LogP contribution in [-0.2, 0) is 13.2 Å². The van der Waals surface area contributed by atoms with Crippen LogP contribution in [0, 0.1) is 0 Å². The van der Waals surface area contributed by atoms with Crippen LogP contribution in [-0.4, -0.2) is 19.7 Å². The zero-order chi connectivity index (χ0) is 13.3. The fourth-order valence-electron chi connectivity index (χ4n) is 1.17. The summed E-state index contributed by atoms with van der Waals surface area (Å²) in [6.45, 7) is 0. The summed E-state index contributed by atoms with van der Waals surface area (Å²) < 4.78 is 43.9. The SMILES string of the molecule is Cn1cc(Oc2cc(C(F)(F)F)nc(Cl)n2)cn1. The van der Waals surface area contributed by atoms with E-state index in [1.807, 2.05) is 0 Å². The zero-order valence-electron chi connectivity index (χ0n) is 8.94. The molecular formula is C9H6ClF3N4O. The van der Waals surface area contributed by atoms with Crippen molar-refractivity contribution < 1.29 is 17.9 Å². The highest BCUT2D eigenvalue weighted by Gasteiger charge is 2.34. The van der Waals surface area contributed by atoms with Crippen molar-refractivity contribution in [1.82, 2.24) is 19.7 Å². The molecule has 0 aliphatic rings. The van der Waals surface area contributed by atoms with E-state index in [-0.39, 0.29) is 11.6 Å². The fourth-order valence-corrected chi connectivity index (χ4v) is 1.34. The highest BCUT2D eigenvalue weighted by molar-refractivity contribution is 6.28. The number of aromatic nitrogens is 4. The Morgan fingerprint density at radius 1 is 1.33 bits per heavy atom. The second-order valence-electron chi connectivity index (χ2n) is 3.31. The summed E-state index contributed by atoms with van der Waals surface area (Å²) in [5, 5.41) is 3.26. The van der Waals surface area contributed by atoms with Crippen LogP contribution in [0.3, 0.4) is 0 Å². The van der Waals surface area contributed by atoms with Gasteiger partial charge in [0.1, 0.15) is 0 Å². The summed E-state index contributed by atoms with van der Waals surface area (Å²) in [4.78, 5) is 6.63. The summed E-state index contributed by atoms with van der Waals surface area (Å²) in [5.74, 6) is -0.0456. The van der Waals surface area contributed by atoms with Crippen molar-refractivity contribution in [2.24, 2.45) is 7.05 Å². The molecule has 0 fully saturated rings. The maximum atomic E-state index is 12.5. The average Bonchev–Trinajstić information content (AvgIpc) is 2.61. The van der Waals surface area contributed by atoms with Crippen molar-refractivity contribution in [2.45, 2.75) is 6.18 Å². The van der Waals surface area contributed by atoms with Gasteiger partial charge < -0.3 is 4.74 Å². The van der Waals surface area contributed by atoms with E-state index >= 15 is 0 Å².